The summed E-state index contributed by atoms with van der Waals surface area (Å²) in [5.74, 6) is -0.0705. The third-order valence-corrected chi connectivity index (χ3v) is 4.79. The molecule has 3 aromatic carbocycles. The Bertz CT molecular complexity index is 763. The molecule has 0 aliphatic heterocycles. The molecule has 0 aliphatic carbocycles. The van der Waals surface area contributed by atoms with Crippen LogP contribution >= 0.6 is 0 Å². The smallest absolute Gasteiger partial charge is 0.132 e. The molecule has 0 N–H and O–H groups in total. The van der Waals surface area contributed by atoms with Crippen molar-refractivity contribution in [2.75, 3.05) is 0 Å². The zero-order valence-electron chi connectivity index (χ0n) is 14.3. The second-order valence-electron chi connectivity index (χ2n) is 6.52. The fraction of sp³-hybridized carbons (Fsp3) is 0.304. The lowest BCUT2D eigenvalue weighted by atomic mass is 9.85. The van der Waals surface area contributed by atoms with Crippen molar-refractivity contribution in [3.8, 4) is 0 Å². The average molecular weight is 320 g/mol. The van der Waals surface area contributed by atoms with Gasteiger partial charge in [-0.3, -0.25) is 0 Å². The minimum atomic E-state index is -0.964. The fourth-order valence-corrected chi connectivity index (χ4v) is 3.41. The minimum absolute atomic E-state index is 0.0705. The Morgan fingerprint density at radius 1 is 0.750 bits per heavy atom. The summed E-state index contributed by atoms with van der Waals surface area (Å²) in [4.78, 5) is 0. The van der Waals surface area contributed by atoms with Crippen LogP contribution in [0.25, 0.3) is 10.8 Å². The maximum absolute atomic E-state index is 15.4. The maximum Gasteiger partial charge on any atom is 0.132 e. The molecule has 0 aliphatic rings. The van der Waals surface area contributed by atoms with Crippen molar-refractivity contribution in [3.63, 3.8) is 0 Å². The fourth-order valence-electron chi connectivity index (χ4n) is 3.41. The van der Waals surface area contributed by atoms with Crippen LogP contribution in [0.3, 0.4) is 0 Å². The van der Waals surface area contributed by atoms with Crippen LogP contribution in [0.4, 0.5) is 4.39 Å². The molecular weight excluding hydrogens is 295 g/mol. The second-order valence-corrected chi connectivity index (χ2v) is 6.52. The molecule has 2 unspecified atom stereocenters. The highest BCUT2D eigenvalue weighted by Gasteiger charge is 2.24. The number of unbranched alkanes of at least 4 members (excludes halogenated alkanes) is 2. The lowest BCUT2D eigenvalue weighted by Gasteiger charge is -2.22. The molecule has 0 nitrogen and oxygen atoms in total. The first-order valence-electron chi connectivity index (χ1n) is 8.97. The van der Waals surface area contributed by atoms with Crippen molar-refractivity contribution in [2.24, 2.45) is 0 Å². The Morgan fingerprint density at radius 3 is 2.21 bits per heavy atom. The van der Waals surface area contributed by atoms with Crippen molar-refractivity contribution in [1.29, 1.82) is 0 Å². The van der Waals surface area contributed by atoms with Crippen LogP contribution in [0.5, 0.6) is 0 Å². The van der Waals surface area contributed by atoms with Gasteiger partial charge < -0.3 is 0 Å². The molecule has 0 amide bonds. The van der Waals surface area contributed by atoms with Gasteiger partial charge in [0, 0.05) is 5.92 Å². The predicted octanol–water partition coefficient (Wildman–Crippen LogP) is 7.21. The van der Waals surface area contributed by atoms with Gasteiger partial charge in [-0.2, -0.15) is 0 Å². The lowest BCUT2D eigenvalue weighted by Crippen LogP contribution is -2.08. The van der Waals surface area contributed by atoms with E-state index in [9.17, 15) is 0 Å². The van der Waals surface area contributed by atoms with Crippen LogP contribution in [0.1, 0.15) is 55.8 Å². The summed E-state index contributed by atoms with van der Waals surface area (Å²) in [6.07, 6.45) is 3.33. The Hall–Kier alpha value is -2.15. The van der Waals surface area contributed by atoms with Gasteiger partial charge in [-0.25, -0.2) is 4.39 Å². The van der Waals surface area contributed by atoms with Crippen LogP contribution in [-0.4, -0.2) is 0 Å². The zero-order valence-corrected chi connectivity index (χ0v) is 14.3. The zero-order chi connectivity index (χ0) is 16.8. The number of fused-ring (bicyclic) bond motifs is 1. The molecule has 24 heavy (non-hydrogen) atoms. The third kappa shape index (κ3) is 3.84. The molecule has 124 valence electrons. The van der Waals surface area contributed by atoms with E-state index in [-0.39, 0.29) is 5.92 Å². The first-order chi connectivity index (χ1) is 11.8. The minimum Gasteiger partial charge on any atom is -0.242 e. The van der Waals surface area contributed by atoms with E-state index in [2.05, 4.69) is 31.2 Å². The predicted molar refractivity (Wildman–Crippen MR) is 101 cm³/mol. The first-order valence-corrected chi connectivity index (χ1v) is 8.97. The number of hydrogen-bond acceptors (Lipinski definition) is 0. The quantitative estimate of drug-likeness (QED) is 0.403. The lowest BCUT2D eigenvalue weighted by molar-refractivity contribution is 0.273. The summed E-state index contributed by atoms with van der Waals surface area (Å²) >= 11 is 0. The van der Waals surface area contributed by atoms with Gasteiger partial charge in [-0.1, -0.05) is 92.9 Å². The molecule has 0 saturated carbocycles. The summed E-state index contributed by atoms with van der Waals surface area (Å²) in [6, 6.07) is 24.3. The number of halogens is 1. The Balaban J connectivity index is 1.89. The number of rotatable bonds is 7. The summed E-state index contributed by atoms with van der Waals surface area (Å²) in [6.45, 7) is 2.19. The van der Waals surface area contributed by atoms with Crippen molar-refractivity contribution < 1.29 is 4.39 Å². The average Bonchev–Trinajstić information content (AvgIpc) is 2.65. The molecule has 3 aromatic rings. The third-order valence-electron chi connectivity index (χ3n) is 4.79. The summed E-state index contributed by atoms with van der Waals surface area (Å²) in [7, 11) is 0. The number of hydrogen-bond donors (Lipinski definition) is 0. The molecule has 0 bridgehead atoms. The van der Waals surface area contributed by atoms with Gasteiger partial charge in [0.1, 0.15) is 6.17 Å². The van der Waals surface area contributed by atoms with E-state index in [1.54, 1.807) is 0 Å². The van der Waals surface area contributed by atoms with E-state index in [1.807, 2.05) is 48.5 Å². The largest absolute Gasteiger partial charge is 0.242 e. The van der Waals surface area contributed by atoms with Gasteiger partial charge in [0.05, 0.1) is 0 Å². The Morgan fingerprint density at radius 2 is 1.46 bits per heavy atom. The number of alkyl halides is 1. The standard InChI is InChI=1S/C23H25F/c1-2-3-5-14-22(19-11-6-4-7-12-19)23(24)21-16-15-18-10-8-9-13-20(18)17-21/h4,6-13,15-17,22-23H,2-3,5,14H2,1H3. The highest BCUT2D eigenvalue weighted by molar-refractivity contribution is 5.83. The summed E-state index contributed by atoms with van der Waals surface area (Å²) in [5.41, 5.74) is 1.90. The van der Waals surface area contributed by atoms with Crippen molar-refractivity contribution in [1.82, 2.24) is 0 Å². The van der Waals surface area contributed by atoms with E-state index >= 15 is 4.39 Å². The van der Waals surface area contributed by atoms with Crippen LogP contribution in [0, 0.1) is 0 Å². The monoisotopic (exact) mass is 320 g/mol. The molecule has 2 atom stereocenters. The molecule has 0 saturated heterocycles. The molecular formula is C23H25F. The van der Waals surface area contributed by atoms with Crippen molar-refractivity contribution in [3.05, 3.63) is 83.9 Å². The highest BCUT2D eigenvalue weighted by Crippen LogP contribution is 2.38. The van der Waals surface area contributed by atoms with Crippen LogP contribution in [-0.2, 0) is 0 Å². The van der Waals surface area contributed by atoms with Gasteiger partial charge in [0.2, 0.25) is 0 Å². The molecule has 0 spiro atoms. The van der Waals surface area contributed by atoms with Gasteiger partial charge in [0.25, 0.3) is 0 Å². The van der Waals surface area contributed by atoms with E-state index in [0.29, 0.717) is 0 Å². The van der Waals surface area contributed by atoms with Crippen molar-refractivity contribution in [2.45, 2.75) is 44.7 Å². The van der Waals surface area contributed by atoms with Crippen LogP contribution in [0.15, 0.2) is 72.8 Å². The van der Waals surface area contributed by atoms with E-state index in [4.69, 9.17) is 0 Å². The van der Waals surface area contributed by atoms with Gasteiger partial charge in [-0.05, 0) is 34.4 Å². The second kappa shape index (κ2) is 8.10. The molecule has 0 heterocycles. The van der Waals surface area contributed by atoms with Crippen LogP contribution in [0.2, 0.25) is 0 Å². The molecule has 1 heteroatoms. The molecule has 3 rings (SSSR count). The Kier molecular flexibility index (Phi) is 5.63. The van der Waals surface area contributed by atoms with Crippen molar-refractivity contribution >= 4 is 10.8 Å². The van der Waals surface area contributed by atoms with Gasteiger partial charge >= 0.3 is 0 Å². The normalized spacial score (nSPS) is 13.8. The van der Waals surface area contributed by atoms with Gasteiger partial charge in [0.15, 0.2) is 0 Å². The maximum atomic E-state index is 15.4. The SMILES string of the molecule is CCCCCC(c1ccccc1)C(F)c1ccc2ccccc2c1. The molecule has 0 aromatic heterocycles. The summed E-state index contributed by atoms with van der Waals surface area (Å²) < 4.78 is 15.4. The highest BCUT2D eigenvalue weighted by atomic mass is 19.1. The summed E-state index contributed by atoms with van der Waals surface area (Å²) in [5, 5.41) is 2.27. The van der Waals surface area contributed by atoms with E-state index in [0.717, 1.165) is 47.6 Å². The number of benzene rings is 3. The first kappa shape index (κ1) is 16.7. The van der Waals surface area contributed by atoms with Crippen LogP contribution < -0.4 is 0 Å². The van der Waals surface area contributed by atoms with E-state index in [1.165, 1.54) is 0 Å². The Labute approximate surface area is 144 Å². The molecule has 0 radical (unpaired) electrons. The molecule has 0 fully saturated rings. The van der Waals surface area contributed by atoms with Gasteiger partial charge in [-0.15, -0.1) is 0 Å². The van der Waals surface area contributed by atoms with E-state index < -0.39 is 6.17 Å². The topological polar surface area (TPSA) is 0 Å².